The zero-order chi connectivity index (χ0) is 13.8. The van der Waals surface area contributed by atoms with Gasteiger partial charge >= 0.3 is 0 Å². The number of aromatic nitrogens is 3. The number of nitrogens with zero attached hydrogens (tertiary/aromatic N) is 3. The van der Waals surface area contributed by atoms with Crippen molar-refractivity contribution in [2.75, 3.05) is 11.9 Å². The first kappa shape index (κ1) is 13.1. The third-order valence-corrected chi connectivity index (χ3v) is 2.85. The van der Waals surface area contributed by atoms with Crippen LogP contribution in [0.1, 0.15) is 12.7 Å². The molecule has 0 fully saturated rings. The Balaban J connectivity index is 2.45. The topological polar surface area (TPSA) is 69.0 Å². The number of hydrogen-bond donors (Lipinski definition) is 1. The second-order valence-corrected chi connectivity index (χ2v) is 4.04. The fourth-order valence-corrected chi connectivity index (χ4v) is 1.78. The smallest absolute Gasteiger partial charge is 0.211 e. The van der Waals surface area contributed by atoms with Crippen molar-refractivity contribution in [2.24, 2.45) is 7.05 Å². The molecule has 2 aromatic rings. The van der Waals surface area contributed by atoms with Crippen LogP contribution in [0.4, 0.5) is 5.69 Å². The highest BCUT2D eigenvalue weighted by Gasteiger charge is 2.11. The fraction of sp³-hybridized carbons (Fsp3) is 0.308. The number of carbonyl (C=O) groups is 1. The zero-order valence-corrected chi connectivity index (χ0v) is 11.2. The van der Waals surface area contributed by atoms with Crippen molar-refractivity contribution < 1.29 is 9.53 Å². The molecule has 0 aliphatic carbocycles. The van der Waals surface area contributed by atoms with Gasteiger partial charge in [-0.1, -0.05) is 0 Å². The van der Waals surface area contributed by atoms with E-state index in [-0.39, 0.29) is 0 Å². The molecule has 1 aromatic carbocycles. The predicted octanol–water partition coefficient (Wildman–Crippen LogP) is 1.76. The van der Waals surface area contributed by atoms with Crippen LogP contribution in [-0.2, 0) is 11.8 Å². The van der Waals surface area contributed by atoms with E-state index in [1.54, 1.807) is 6.07 Å². The summed E-state index contributed by atoms with van der Waals surface area (Å²) in [6.07, 6.45) is 0.629. The van der Waals surface area contributed by atoms with Crippen LogP contribution in [-0.4, -0.2) is 27.8 Å². The van der Waals surface area contributed by atoms with Crippen molar-refractivity contribution in [1.29, 1.82) is 0 Å². The molecule has 100 valence electrons. The van der Waals surface area contributed by atoms with E-state index in [4.69, 9.17) is 4.74 Å². The maximum atomic E-state index is 10.5. The summed E-state index contributed by atoms with van der Waals surface area (Å²) in [7, 11) is 1.91. The molecule has 0 radical (unpaired) electrons. The number of carbonyl (C=O) groups excluding carboxylic acids is 1. The van der Waals surface area contributed by atoms with Crippen molar-refractivity contribution in [3.05, 3.63) is 24.0 Å². The van der Waals surface area contributed by atoms with E-state index in [0.29, 0.717) is 24.5 Å². The van der Waals surface area contributed by atoms with Crippen LogP contribution in [0.15, 0.2) is 18.2 Å². The summed E-state index contributed by atoms with van der Waals surface area (Å²) < 4.78 is 7.42. The largest absolute Gasteiger partial charge is 0.492 e. The van der Waals surface area contributed by atoms with E-state index in [1.165, 1.54) is 0 Å². The van der Waals surface area contributed by atoms with Crippen LogP contribution in [0.5, 0.6) is 5.75 Å². The molecule has 1 aromatic heterocycles. The second kappa shape index (κ2) is 5.51. The van der Waals surface area contributed by atoms with Gasteiger partial charge in [0, 0.05) is 12.6 Å². The Hall–Kier alpha value is -2.37. The molecule has 0 unspecified atom stereocenters. The highest BCUT2D eigenvalue weighted by molar-refractivity contribution is 5.77. The average Bonchev–Trinajstić information content (AvgIpc) is 2.73. The number of nitrogens with one attached hydrogen (secondary N) is 1. The third-order valence-electron chi connectivity index (χ3n) is 2.85. The lowest BCUT2D eigenvalue weighted by molar-refractivity contribution is -0.105. The van der Waals surface area contributed by atoms with Gasteiger partial charge in [0.05, 0.1) is 12.3 Å². The number of rotatable bonds is 5. The molecule has 0 spiro atoms. The molecule has 6 heteroatoms. The lowest BCUT2D eigenvalue weighted by Gasteiger charge is -2.11. The van der Waals surface area contributed by atoms with Crippen molar-refractivity contribution in [2.45, 2.75) is 13.8 Å². The van der Waals surface area contributed by atoms with Crippen LogP contribution in [0.3, 0.4) is 0 Å². The molecule has 0 atom stereocenters. The second-order valence-electron chi connectivity index (χ2n) is 4.04. The van der Waals surface area contributed by atoms with Crippen molar-refractivity contribution in [1.82, 2.24) is 14.8 Å². The van der Waals surface area contributed by atoms with E-state index in [2.05, 4.69) is 15.5 Å². The van der Waals surface area contributed by atoms with E-state index < -0.39 is 0 Å². The summed E-state index contributed by atoms with van der Waals surface area (Å²) in [5.74, 6) is 2.21. The highest BCUT2D eigenvalue weighted by Crippen LogP contribution is 2.30. The first-order chi connectivity index (χ1) is 9.17. The summed E-state index contributed by atoms with van der Waals surface area (Å²) in [6.45, 7) is 4.31. The zero-order valence-electron chi connectivity index (χ0n) is 11.2. The highest BCUT2D eigenvalue weighted by atomic mass is 16.5. The van der Waals surface area contributed by atoms with Crippen molar-refractivity contribution in [3.63, 3.8) is 0 Å². The number of anilines is 1. The Morgan fingerprint density at radius 3 is 2.79 bits per heavy atom. The molecule has 1 N–H and O–H groups in total. The average molecular weight is 260 g/mol. The molecule has 2 rings (SSSR count). The molecule has 1 amide bonds. The third kappa shape index (κ3) is 2.57. The predicted molar refractivity (Wildman–Crippen MR) is 72.0 cm³/mol. The Morgan fingerprint density at radius 1 is 1.42 bits per heavy atom. The number of aryl methyl sites for hydroxylation is 1. The van der Waals surface area contributed by atoms with Gasteiger partial charge in [0.2, 0.25) is 6.41 Å². The monoisotopic (exact) mass is 260 g/mol. The molecule has 0 saturated carbocycles. The minimum absolute atomic E-state index is 0.523. The summed E-state index contributed by atoms with van der Waals surface area (Å²) in [4.78, 5) is 10.5. The molecule has 6 nitrogen and oxygen atoms in total. The minimum Gasteiger partial charge on any atom is -0.492 e. The normalized spacial score (nSPS) is 10.3. The molecule has 0 aliphatic rings. The molecule has 0 aliphatic heterocycles. The Kier molecular flexibility index (Phi) is 3.79. The number of ether oxygens (including phenoxy) is 1. The fourth-order valence-electron chi connectivity index (χ4n) is 1.78. The Morgan fingerprint density at radius 2 is 2.21 bits per heavy atom. The first-order valence-electron chi connectivity index (χ1n) is 6.00. The van der Waals surface area contributed by atoms with Gasteiger partial charge in [-0.3, -0.25) is 4.79 Å². The summed E-state index contributed by atoms with van der Waals surface area (Å²) >= 11 is 0. The molecule has 1 heterocycles. The Bertz CT molecular complexity index is 592. The van der Waals surface area contributed by atoms with Crippen molar-refractivity contribution >= 4 is 12.1 Å². The van der Waals surface area contributed by atoms with E-state index in [0.717, 1.165) is 17.2 Å². The van der Waals surface area contributed by atoms with Gasteiger partial charge in [0.25, 0.3) is 0 Å². The molecule has 0 saturated heterocycles. The minimum atomic E-state index is 0.523. The van der Waals surface area contributed by atoms with Gasteiger partial charge < -0.3 is 14.6 Å². The quantitative estimate of drug-likeness (QED) is 0.832. The van der Waals surface area contributed by atoms with Crippen LogP contribution in [0.2, 0.25) is 0 Å². The van der Waals surface area contributed by atoms with Gasteiger partial charge in [-0.2, -0.15) is 0 Å². The van der Waals surface area contributed by atoms with Gasteiger partial charge in [-0.25, -0.2) is 0 Å². The molecular formula is C13H16N4O2. The summed E-state index contributed by atoms with van der Waals surface area (Å²) in [6, 6.07) is 5.51. The van der Waals surface area contributed by atoms with Crippen LogP contribution in [0.25, 0.3) is 11.4 Å². The first-order valence-corrected chi connectivity index (χ1v) is 6.00. The standard InChI is InChI=1S/C13H16N4O2/c1-4-19-12-7-10(5-6-11(12)14-8-18)13-16-15-9(2)17(13)3/h5-8H,4H2,1-3H3,(H,14,18). The Labute approximate surface area is 111 Å². The van der Waals surface area contributed by atoms with Gasteiger partial charge in [0.1, 0.15) is 11.6 Å². The van der Waals surface area contributed by atoms with Gasteiger partial charge in [-0.15, -0.1) is 10.2 Å². The summed E-state index contributed by atoms with van der Waals surface area (Å²) in [5.41, 5.74) is 1.53. The van der Waals surface area contributed by atoms with Crippen LogP contribution < -0.4 is 10.1 Å². The maximum Gasteiger partial charge on any atom is 0.211 e. The maximum absolute atomic E-state index is 10.5. The summed E-state index contributed by atoms with van der Waals surface area (Å²) in [5, 5.41) is 10.8. The van der Waals surface area contributed by atoms with E-state index in [1.807, 2.05) is 37.6 Å². The number of hydrogen-bond acceptors (Lipinski definition) is 4. The van der Waals surface area contributed by atoms with E-state index >= 15 is 0 Å². The molecule has 0 bridgehead atoms. The van der Waals surface area contributed by atoms with E-state index in [9.17, 15) is 4.79 Å². The van der Waals surface area contributed by atoms with Crippen molar-refractivity contribution in [3.8, 4) is 17.1 Å². The van der Waals surface area contributed by atoms with Gasteiger partial charge in [0.15, 0.2) is 5.82 Å². The van der Waals surface area contributed by atoms with Gasteiger partial charge in [-0.05, 0) is 32.0 Å². The SMILES string of the molecule is CCOc1cc(-c2nnc(C)n2C)ccc1NC=O. The molecular weight excluding hydrogens is 244 g/mol. The van der Waals surface area contributed by atoms with Crippen LogP contribution in [0, 0.1) is 6.92 Å². The van der Waals surface area contributed by atoms with Crippen LogP contribution >= 0.6 is 0 Å². The number of benzene rings is 1. The lowest BCUT2D eigenvalue weighted by Crippen LogP contribution is -2.01. The lowest BCUT2D eigenvalue weighted by atomic mass is 10.1. The molecule has 19 heavy (non-hydrogen) atoms. The number of amides is 1.